The number of nitrogens with zero attached hydrogens (tertiary/aromatic N) is 1. The molecule has 0 bridgehead atoms. The van der Waals surface area contributed by atoms with Crippen LogP contribution in [0.5, 0.6) is 0 Å². The molecule has 1 atom stereocenters. The molecule has 172 valence electrons. The molecule has 0 aromatic heterocycles. The third-order valence-electron chi connectivity index (χ3n) is 5.36. The summed E-state index contributed by atoms with van der Waals surface area (Å²) in [5, 5.41) is 3.82. The number of hydrogen-bond acceptors (Lipinski definition) is 2. The molecule has 3 aromatic carbocycles. The van der Waals surface area contributed by atoms with Gasteiger partial charge in [-0.25, -0.2) is 0 Å². The Morgan fingerprint density at radius 1 is 0.848 bits per heavy atom. The van der Waals surface area contributed by atoms with Gasteiger partial charge in [0.05, 0.1) is 16.5 Å². The number of carbonyl (C=O) groups excluding carboxylic acids is 2. The largest absolute Gasteiger partial charge is 0.354 e. The van der Waals surface area contributed by atoms with Crippen LogP contribution in [0.3, 0.4) is 0 Å². The number of benzene rings is 3. The second-order valence-corrected chi connectivity index (χ2v) is 8.74. The normalized spacial score (nSPS) is 11.6. The van der Waals surface area contributed by atoms with Crippen LogP contribution in [0.25, 0.3) is 0 Å². The Bertz CT molecular complexity index is 1060. The van der Waals surface area contributed by atoms with Crippen LogP contribution in [0.2, 0.25) is 10.0 Å². The highest BCUT2D eigenvalue weighted by Crippen LogP contribution is 2.24. The van der Waals surface area contributed by atoms with E-state index in [0.717, 1.165) is 23.1 Å². The number of amides is 2. The van der Waals surface area contributed by atoms with E-state index in [-0.39, 0.29) is 18.2 Å². The van der Waals surface area contributed by atoms with Gasteiger partial charge in [0.25, 0.3) is 0 Å². The van der Waals surface area contributed by atoms with Crippen molar-refractivity contribution in [1.82, 2.24) is 10.2 Å². The first kappa shape index (κ1) is 24.8. The van der Waals surface area contributed by atoms with Crippen LogP contribution in [0.1, 0.15) is 30.0 Å². The van der Waals surface area contributed by atoms with Crippen LogP contribution in [0, 0.1) is 0 Å². The van der Waals surface area contributed by atoms with E-state index < -0.39 is 6.04 Å². The molecule has 0 aliphatic carbocycles. The maximum Gasteiger partial charge on any atom is 0.243 e. The first-order chi connectivity index (χ1) is 16.0. The molecular formula is C27H28Cl2N2O2. The highest BCUT2D eigenvalue weighted by molar-refractivity contribution is 6.42. The van der Waals surface area contributed by atoms with Crippen molar-refractivity contribution in [2.24, 2.45) is 0 Å². The van der Waals surface area contributed by atoms with Gasteiger partial charge in [0.2, 0.25) is 11.8 Å². The third kappa shape index (κ3) is 7.34. The zero-order valence-corrected chi connectivity index (χ0v) is 20.1. The summed E-state index contributed by atoms with van der Waals surface area (Å²) < 4.78 is 0. The molecule has 3 aromatic rings. The lowest BCUT2D eigenvalue weighted by Gasteiger charge is -2.31. The molecule has 33 heavy (non-hydrogen) atoms. The summed E-state index contributed by atoms with van der Waals surface area (Å²) >= 11 is 12.2. The molecule has 0 radical (unpaired) electrons. The van der Waals surface area contributed by atoms with Gasteiger partial charge in [-0.15, -0.1) is 0 Å². The maximum atomic E-state index is 13.6. The first-order valence-electron chi connectivity index (χ1n) is 11.1. The highest BCUT2D eigenvalue weighted by Gasteiger charge is 2.30. The molecule has 6 heteroatoms. The Morgan fingerprint density at radius 3 is 2.09 bits per heavy atom. The van der Waals surface area contributed by atoms with E-state index in [9.17, 15) is 9.59 Å². The van der Waals surface area contributed by atoms with E-state index in [1.54, 1.807) is 23.1 Å². The number of nitrogens with one attached hydrogen (secondary N) is 1. The summed E-state index contributed by atoms with van der Waals surface area (Å²) in [5.41, 5.74) is 2.70. The lowest BCUT2D eigenvalue weighted by Crippen LogP contribution is -2.51. The Morgan fingerprint density at radius 2 is 1.48 bits per heavy atom. The molecule has 1 N–H and O–H groups in total. The Hall–Kier alpha value is -2.82. The van der Waals surface area contributed by atoms with Gasteiger partial charge in [0.15, 0.2) is 0 Å². The van der Waals surface area contributed by atoms with Gasteiger partial charge in [-0.05, 0) is 35.2 Å². The molecule has 0 aliphatic heterocycles. The van der Waals surface area contributed by atoms with Crippen molar-refractivity contribution in [3.63, 3.8) is 0 Å². The van der Waals surface area contributed by atoms with Crippen LogP contribution in [-0.4, -0.2) is 29.3 Å². The number of halogens is 2. The van der Waals surface area contributed by atoms with Gasteiger partial charge in [0.1, 0.15) is 6.04 Å². The molecule has 0 heterocycles. The van der Waals surface area contributed by atoms with Crippen molar-refractivity contribution < 1.29 is 9.59 Å². The van der Waals surface area contributed by atoms with Crippen LogP contribution in [-0.2, 0) is 29.0 Å². The monoisotopic (exact) mass is 482 g/mol. The number of hydrogen-bond donors (Lipinski definition) is 1. The fraction of sp³-hybridized carbons (Fsp3) is 0.259. The lowest BCUT2D eigenvalue weighted by molar-refractivity contribution is -0.140. The minimum atomic E-state index is -0.644. The molecule has 0 spiro atoms. The van der Waals surface area contributed by atoms with Gasteiger partial charge >= 0.3 is 0 Å². The van der Waals surface area contributed by atoms with Gasteiger partial charge in [-0.2, -0.15) is 0 Å². The fourth-order valence-corrected chi connectivity index (χ4v) is 3.95. The minimum absolute atomic E-state index is 0.121. The molecule has 3 rings (SSSR count). The summed E-state index contributed by atoms with van der Waals surface area (Å²) in [6.07, 6.45) is 1.37. The van der Waals surface area contributed by atoms with E-state index >= 15 is 0 Å². The first-order valence-corrected chi connectivity index (χ1v) is 11.8. The van der Waals surface area contributed by atoms with Crippen molar-refractivity contribution in [3.8, 4) is 0 Å². The Balaban J connectivity index is 1.93. The Kier molecular flexibility index (Phi) is 9.35. The van der Waals surface area contributed by atoms with E-state index in [1.165, 1.54) is 0 Å². The molecule has 0 aliphatic rings. The van der Waals surface area contributed by atoms with E-state index in [2.05, 4.69) is 5.32 Å². The van der Waals surface area contributed by atoms with E-state index in [4.69, 9.17) is 23.2 Å². The fourth-order valence-electron chi connectivity index (χ4n) is 3.63. The quantitative estimate of drug-likeness (QED) is 0.402. The molecule has 0 saturated carbocycles. The smallest absolute Gasteiger partial charge is 0.243 e. The van der Waals surface area contributed by atoms with E-state index in [1.807, 2.05) is 67.6 Å². The van der Waals surface area contributed by atoms with Crippen molar-refractivity contribution >= 4 is 35.0 Å². The summed E-state index contributed by atoms with van der Waals surface area (Å²) in [4.78, 5) is 28.5. The molecular weight excluding hydrogens is 455 g/mol. The lowest BCUT2D eigenvalue weighted by atomic mass is 10.0. The summed E-state index contributed by atoms with van der Waals surface area (Å²) in [5.74, 6) is -0.302. The van der Waals surface area contributed by atoms with Gasteiger partial charge in [-0.1, -0.05) is 96.9 Å². The van der Waals surface area contributed by atoms with Crippen LogP contribution < -0.4 is 5.32 Å². The minimum Gasteiger partial charge on any atom is -0.354 e. The zero-order valence-electron chi connectivity index (χ0n) is 18.6. The average Bonchev–Trinajstić information content (AvgIpc) is 2.83. The zero-order chi connectivity index (χ0) is 23.6. The second-order valence-electron chi connectivity index (χ2n) is 7.93. The predicted molar refractivity (Wildman–Crippen MR) is 134 cm³/mol. The van der Waals surface area contributed by atoms with Crippen LogP contribution >= 0.6 is 23.2 Å². The predicted octanol–water partition coefficient (Wildman–Crippen LogP) is 5.70. The van der Waals surface area contributed by atoms with Crippen molar-refractivity contribution in [2.45, 2.75) is 38.8 Å². The topological polar surface area (TPSA) is 49.4 Å². The average molecular weight is 483 g/mol. The van der Waals surface area contributed by atoms with Gasteiger partial charge in [0, 0.05) is 19.5 Å². The maximum absolute atomic E-state index is 13.6. The molecule has 0 fully saturated rings. The molecule has 4 nitrogen and oxygen atoms in total. The van der Waals surface area contributed by atoms with Crippen molar-refractivity contribution in [1.29, 1.82) is 0 Å². The van der Waals surface area contributed by atoms with E-state index in [0.29, 0.717) is 29.6 Å². The molecule has 2 amide bonds. The van der Waals surface area contributed by atoms with Crippen molar-refractivity contribution in [3.05, 3.63) is 106 Å². The third-order valence-corrected chi connectivity index (χ3v) is 6.09. The summed E-state index contributed by atoms with van der Waals surface area (Å²) in [7, 11) is 0. The SMILES string of the molecule is CCCNC(=O)C(Cc1ccccc1)N(Cc1ccccc1)C(=O)Cc1ccc(Cl)c(Cl)c1. The number of rotatable bonds is 10. The summed E-state index contributed by atoms with van der Waals surface area (Å²) in [6, 6.07) is 24.0. The highest BCUT2D eigenvalue weighted by atomic mass is 35.5. The second kappa shape index (κ2) is 12.4. The van der Waals surface area contributed by atoms with Gasteiger partial charge in [-0.3, -0.25) is 9.59 Å². The molecule has 0 saturated heterocycles. The van der Waals surface area contributed by atoms with Gasteiger partial charge < -0.3 is 10.2 Å². The number of carbonyl (C=O) groups is 2. The summed E-state index contributed by atoms with van der Waals surface area (Å²) in [6.45, 7) is 2.89. The van der Waals surface area contributed by atoms with Crippen LogP contribution in [0.15, 0.2) is 78.9 Å². The standard InChI is InChI=1S/C27H28Cl2N2O2/c1-2-15-30-27(33)25(17-20-9-5-3-6-10-20)31(19-21-11-7-4-8-12-21)26(32)18-22-13-14-23(28)24(29)16-22/h3-14,16,25H,2,15,17-19H2,1H3,(H,30,33). The van der Waals surface area contributed by atoms with Crippen LogP contribution in [0.4, 0.5) is 0 Å². The molecule has 1 unspecified atom stereocenters. The van der Waals surface area contributed by atoms with Crippen molar-refractivity contribution in [2.75, 3.05) is 6.54 Å². The Labute approximate surface area is 205 Å².